The van der Waals surface area contributed by atoms with E-state index in [1.165, 1.54) is 17.0 Å². The van der Waals surface area contributed by atoms with Gasteiger partial charge in [-0.05, 0) is 53.1 Å². The maximum atomic E-state index is 13.8. The number of hydrogen-bond donors (Lipinski definition) is 1. The molecule has 2 amide bonds. The topological polar surface area (TPSA) is 77.1 Å². The predicted octanol–water partition coefficient (Wildman–Crippen LogP) is 4.89. The van der Waals surface area contributed by atoms with Gasteiger partial charge in [-0.1, -0.05) is 66.7 Å². The van der Waals surface area contributed by atoms with Crippen molar-refractivity contribution in [3.63, 3.8) is 0 Å². The lowest BCUT2D eigenvalue weighted by Crippen LogP contribution is -2.51. The first kappa shape index (κ1) is 26.7. The predicted molar refractivity (Wildman–Crippen MR) is 147 cm³/mol. The first-order chi connectivity index (χ1) is 19.5. The zero-order valence-electron chi connectivity index (χ0n) is 21.8. The molecule has 1 aliphatic rings. The zero-order valence-corrected chi connectivity index (χ0v) is 21.8. The van der Waals surface area contributed by atoms with Gasteiger partial charge in [-0.25, -0.2) is 4.39 Å². The van der Waals surface area contributed by atoms with Gasteiger partial charge in [0.15, 0.2) is 18.1 Å². The number of carbonyl (C=O) groups is 2. The highest BCUT2D eigenvalue weighted by Crippen LogP contribution is 2.32. The fraction of sp³-hybridized carbons (Fsp3) is 0.188. The molecular formula is C32H29FN2O5. The van der Waals surface area contributed by atoms with Crippen LogP contribution in [0, 0.1) is 5.82 Å². The monoisotopic (exact) mass is 540 g/mol. The summed E-state index contributed by atoms with van der Waals surface area (Å²) in [4.78, 5) is 28.9. The van der Waals surface area contributed by atoms with E-state index in [0.29, 0.717) is 22.8 Å². The largest absolute Gasteiger partial charge is 0.484 e. The van der Waals surface area contributed by atoms with Crippen LogP contribution >= 0.6 is 0 Å². The second kappa shape index (κ2) is 12.8. The molecule has 4 aromatic rings. The van der Waals surface area contributed by atoms with E-state index in [0.717, 1.165) is 11.1 Å². The summed E-state index contributed by atoms with van der Waals surface area (Å²) in [6, 6.07) is 29.0. The van der Waals surface area contributed by atoms with Crippen molar-refractivity contribution in [3.8, 4) is 17.2 Å². The SMILES string of the molecule is O=C(NCc1ccc2c(c1)OCO2)[C@@H](Cc1ccccc1)N(Cc1ccc(F)cc1)C(=O)COc1ccccc1. The summed E-state index contributed by atoms with van der Waals surface area (Å²) in [6.07, 6.45) is 0.284. The van der Waals surface area contributed by atoms with Gasteiger partial charge in [0.2, 0.25) is 12.7 Å². The van der Waals surface area contributed by atoms with Gasteiger partial charge in [0, 0.05) is 19.5 Å². The van der Waals surface area contributed by atoms with Crippen LogP contribution in [-0.4, -0.2) is 36.2 Å². The van der Waals surface area contributed by atoms with Crippen LogP contribution < -0.4 is 19.5 Å². The van der Waals surface area contributed by atoms with Crippen molar-refractivity contribution in [2.24, 2.45) is 0 Å². The number of benzene rings is 4. The first-order valence-corrected chi connectivity index (χ1v) is 13.0. The molecule has 0 aliphatic carbocycles. The molecule has 0 aromatic heterocycles. The lowest BCUT2D eigenvalue weighted by molar-refractivity contribution is -0.142. The quantitative estimate of drug-likeness (QED) is 0.293. The molecule has 0 saturated carbocycles. The summed E-state index contributed by atoms with van der Waals surface area (Å²) in [5.74, 6) is 0.759. The fourth-order valence-corrected chi connectivity index (χ4v) is 4.44. The number of hydrogen-bond acceptors (Lipinski definition) is 5. The third-order valence-electron chi connectivity index (χ3n) is 6.55. The summed E-state index contributed by atoms with van der Waals surface area (Å²) >= 11 is 0. The van der Waals surface area contributed by atoms with Crippen LogP contribution in [0.2, 0.25) is 0 Å². The molecule has 0 spiro atoms. The number of halogens is 1. The van der Waals surface area contributed by atoms with E-state index < -0.39 is 6.04 Å². The molecule has 204 valence electrons. The van der Waals surface area contributed by atoms with Crippen LogP contribution in [-0.2, 0) is 29.1 Å². The molecule has 40 heavy (non-hydrogen) atoms. The number of fused-ring (bicyclic) bond motifs is 1. The summed E-state index contributed by atoms with van der Waals surface area (Å²) in [7, 11) is 0. The Labute approximate surface area is 232 Å². The highest BCUT2D eigenvalue weighted by Gasteiger charge is 2.31. The molecule has 7 nitrogen and oxygen atoms in total. The number of nitrogens with zero attached hydrogens (tertiary/aromatic N) is 1. The molecule has 0 unspecified atom stereocenters. The zero-order chi connectivity index (χ0) is 27.7. The number of carbonyl (C=O) groups excluding carboxylic acids is 2. The van der Waals surface area contributed by atoms with Crippen molar-refractivity contribution in [1.29, 1.82) is 0 Å². The minimum Gasteiger partial charge on any atom is -0.484 e. The van der Waals surface area contributed by atoms with Crippen molar-refractivity contribution in [2.75, 3.05) is 13.4 Å². The normalized spacial score (nSPS) is 12.4. The standard InChI is InChI=1S/C32H29FN2O5/c33-26-14-11-24(12-15-26)20-35(31(36)21-38-27-9-5-2-6-10-27)28(17-23-7-3-1-4-8-23)32(37)34-19-25-13-16-29-30(18-25)40-22-39-29/h1-16,18,28H,17,19-22H2,(H,34,37)/t28-/m1/s1. The van der Waals surface area contributed by atoms with E-state index in [2.05, 4.69) is 5.32 Å². The Hall–Kier alpha value is -4.85. The summed E-state index contributed by atoms with van der Waals surface area (Å²) in [5.41, 5.74) is 2.42. The fourth-order valence-electron chi connectivity index (χ4n) is 4.44. The minimum atomic E-state index is -0.853. The van der Waals surface area contributed by atoms with Gasteiger partial charge in [0.25, 0.3) is 5.91 Å². The van der Waals surface area contributed by atoms with Gasteiger partial charge >= 0.3 is 0 Å². The van der Waals surface area contributed by atoms with E-state index in [1.54, 1.807) is 30.3 Å². The van der Waals surface area contributed by atoms with Crippen LogP contribution in [0.1, 0.15) is 16.7 Å². The molecule has 1 aliphatic heterocycles. The summed E-state index contributed by atoms with van der Waals surface area (Å²) in [6.45, 7) is 0.244. The van der Waals surface area contributed by atoms with Gasteiger partial charge in [-0.15, -0.1) is 0 Å². The number of amides is 2. The smallest absolute Gasteiger partial charge is 0.261 e. The van der Waals surface area contributed by atoms with E-state index in [-0.39, 0.29) is 50.5 Å². The maximum absolute atomic E-state index is 13.8. The number of para-hydroxylation sites is 1. The van der Waals surface area contributed by atoms with Crippen molar-refractivity contribution in [3.05, 3.63) is 126 Å². The van der Waals surface area contributed by atoms with Gasteiger partial charge in [0.05, 0.1) is 0 Å². The van der Waals surface area contributed by atoms with Crippen LogP contribution in [0.3, 0.4) is 0 Å². The molecule has 0 saturated heterocycles. The van der Waals surface area contributed by atoms with Crippen molar-refractivity contribution < 1.29 is 28.2 Å². The average Bonchev–Trinajstić information content (AvgIpc) is 3.46. The summed E-state index contributed by atoms with van der Waals surface area (Å²) in [5, 5.41) is 2.98. The third-order valence-corrected chi connectivity index (χ3v) is 6.55. The molecule has 0 bridgehead atoms. The lowest BCUT2D eigenvalue weighted by atomic mass is 10.0. The molecule has 1 atom stereocenters. The van der Waals surface area contributed by atoms with E-state index in [4.69, 9.17) is 14.2 Å². The Morgan fingerprint density at radius 3 is 2.25 bits per heavy atom. The highest BCUT2D eigenvalue weighted by molar-refractivity contribution is 5.88. The second-order valence-corrected chi connectivity index (χ2v) is 9.36. The Morgan fingerprint density at radius 1 is 0.825 bits per heavy atom. The second-order valence-electron chi connectivity index (χ2n) is 9.36. The number of ether oxygens (including phenoxy) is 3. The van der Waals surface area contributed by atoms with Crippen molar-refractivity contribution in [1.82, 2.24) is 10.2 Å². The molecular weight excluding hydrogens is 511 g/mol. The Bertz CT molecular complexity index is 1430. The molecule has 1 N–H and O–H groups in total. The molecule has 0 fully saturated rings. The van der Waals surface area contributed by atoms with Gasteiger partial charge < -0.3 is 24.4 Å². The van der Waals surface area contributed by atoms with Crippen LogP contribution in [0.4, 0.5) is 4.39 Å². The Balaban J connectivity index is 1.39. The maximum Gasteiger partial charge on any atom is 0.261 e. The Morgan fingerprint density at radius 2 is 1.50 bits per heavy atom. The van der Waals surface area contributed by atoms with Crippen molar-refractivity contribution >= 4 is 11.8 Å². The third kappa shape index (κ3) is 6.96. The molecule has 4 aromatic carbocycles. The van der Waals surface area contributed by atoms with Crippen molar-refractivity contribution in [2.45, 2.75) is 25.6 Å². The highest BCUT2D eigenvalue weighted by atomic mass is 19.1. The molecule has 1 heterocycles. The Kier molecular flexibility index (Phi) is 8.56. The van der Waals surface area contributed by atoms with Gasteiger partial charge in [0.1, 0.15) is 17.6 Å². The van der Waals surface area contributed by atoms with E-state index >= 15 is 0 Å². The molecule has 5 rings (SSSR count). The summed E-state index contributed by atoms with van der Waals surface area (Å²) < 4.78 is 30.2. The molecule has 0 radical (unpaired) electrons. The lowest BCUT2D eigenvalue weighted by Gasteiger charge is -2.31. The minimum absolute atomic E-state index is 0.103. The van der Waals surface area contributed by atoms with Gasteiger partial charge in [-0.2, -0.15) is 0 Å². The van der Waals surface area contributed by atoms with E-state index in [9.17, 15) is 14.0 Å². The molecule has 8 heteroatoms. The van der Waals surface area contributed by atoms with Crippen LogP contribution in [0.25, 0.3) is 0 Å². The number of nitrogens with one attached hydrogen (secondary N) is 1. The van der Waals surface area contributed by atoms with Crippen LogP contribution in [0.15, 0.2) is 103 Å². The van der Waals surface area contributed by atoms with E-state index in [1.807, 2.05) is 60.7 Å². The average molecular weight is 541 g/mol. The van der Waals surface area contributed by atoms with Gasteiger partial charge in [-0.3, -0.25) is 9.59 Å². The first-order valence-electron chi connectivity index (χ1n) is 13.0. The van der Waals surface area contributed by atoms with Crippen LogP contribution in [0.5, 0.6) is 17.2 Å². The number of rotatable bonds is 11.